The van der Waals surface area contributed by atoms with Gasteiger partial charge in [0.2, 0.25) is 0 Å². The summed E-state index contributed by atoms with van der Waals surface area (Å²) in [6.07, 6.45) is 65.3. The highest BCUT2D eigenvalue weighted by molar-refractivity contribution is 5.70. The number of rotatable bonds is 41. The normalized spacial score (nSPS) is 13.2. The molecule has 0 radical (unpaired) electrons. The minimum atomic E-state index is -0.599. The Bertz CT molecular complexity index is 1180. The molecule has 0 aromatic rings. The molecule has 0 saturated carbocycles. The summed E-state index contributed by atoms with van der Waals surface area (Å²) in [5.41, 5.74) is 0. The monoisotopic (exact) mass is 803 g/mol. The third-order valence-corrected chi connectivity index (χ3v) is 9.29. The van der Waals surface area contributed by atoms with Crippen molar-refractivity contribution in [2.45, 2.75) is 194 Å². The molecule has 0 rings (SSSR count). The highest BCUT2D eigenvalue weighted by Gasteiger charge is 2.17. The molecular formula is C53H86O5. The van der Waals surface area contributed by atoms with E-state index in [1.165, 1.54) is 64.2 Å². The molecule has 0 aromatic carbocycles. The summed E-state index contributed by atoms with van der Waals surface area (Å²) in [6, 6.07) is 0. The zero-order valence-electron chi connectivity index (χ0n) is 37.5. The van der Waals surface area contributed by atoms with E-state index >= 15 is 0 Å². The molecule has 0 aliphatic heterocycles. The number of hydrogen-bond acceptors (Lipinski definition) is 5. The molecule has 328 valence electrons. The molecule has 0 spiro atoms. The maximum absolute atomic E-state index is 12.7. The van der Waals surface area contributed by atoms with E-state index in [2.05, 4.69) is 124 Å². The lowest BCUT2D eigenvalue weighted by molar-refractivity contribution is -0.162. The van der Waals surface area contributed by atoms with Crippen LogP contribution >= 0.6 is 0 Å². The summed E-state index contributed by atoms with van der Waals surface area (Å²) < 4.78 is 17.2. The van der Waals surface area contributed by atoms with Crippen LogP contribution in [-0.4, -0.2) is 37.9 Å². The Balaban J connectivity index is 4.46. The van der Waals surface area contributed by atoms with E-state index in [0.717, 1.165) is 83.5 Å². The number of hydrogen-bond donors (Lipinski definition) is 0. The van der Waals surface area contributed by atoms with Crippen molar-refractivity contribution in [3.8, 4) is 0 Å². The standard InChI is InChI=1S/C53H86O5/c1-4-7-10-13-16-19-22-25-27-29-31-34-37-40-43-46-52(54)57-50-51(49-56-48-45-42-39-36-33-30-26-23-20-17-14-11-8-5-2)58-53(55)47-44-41-38-35-32-28-24-21-18-15-12-9-6-3/h7,9-10,12,16,18-21,23,25,27-28,31-32,34,38,41,51H,4-6,8,11,13-15,17,22,24,26,29-30,33,35-37,39-40,42-50H2,1-3H3/b10-7-,12-9-,19-16-,21-18-,23-20-,27-25-,32-28-,34-31-,41-38-. The Labute approximate surface area is 357 Å². The second-order valence-electron chi connectivity index (χ2n) is 14.9. The highest BCUT2D eigenvalue weighted by Crippen LogP contribution is 2.11. The fourth-order valence-corrected chi connectivity index (χ4v) is 5.86. The van der Waals surface area contributed by atoms with E-state index in [1.807, 2.05) is 6.08 Å². The fourth-order valence-electron chi connectivity index (χ4n) is 5.86. The van der Waals surface area contributed by atoms with Crippen molar-refractivity contribution in [1.29, 1.82) is 0 Å². The molecule has 0 N–H and O–H groups in total. The molecular weight excluding hydrogens is 717 g/mol. The van der Waals surface area contributed by atoms with Gasteiger partial charge in [-0.25, -0.2) is 0 Å². The summed E-state index contributed by atoms with van der Waals surface area (Å²) in [5.74, 6) is -0.551. The third kappa shape index (κ3) is 45.3. The largest absolute Gasteiger partial charge is 0.462 e. The lowest BCUT2D eigenvalue weighted by atomic mass is 10.1. The second kappa shape index (κ2) is 47.9. The number of carbonyl (C=O) groups excluding carboxylic acids is 2. The van der Waals surface area contributed by atoms with Gasteiger partial charge < -0.3 is 14.2 Å². The molecule has 5 nitrogen and oxygen atoms in total. The van der Waals surface area contributed by atoms with Crippen molar-refractivity contribution in [2.75, 3.05) is 19.8 Å². The van der Waals surface area contributed by atoms with Crippen molar-refractivity contribution >= 4 is 11.9 Å². The fraction of sp³-hybridized carbons (Fsp3) is 0.623. The van der Waals surface area contributed by atoms with Gasteiger partial charge in [0.05, 0.1) is 6.61 Å². The van der Waals surface area contributed by atoms with E-state index < -0.39 is 6.10 Å². The van der Waals surface area contributed by atoms with Gasteiger partial charge in [0, 0.05) is 19.4 Å². The molecule has 5 heteroatoms. The Kier molecular flexibility index (Phi) is 45.1. The SMILES string of the molecule is CC/C=C\C/C=C\C/C=C\C/C=C\CCCCC(=O)OCC(COCCCCCCCC/C=C\CCCCCC)OC(=O)CC/C=C\C/C=C\C/C=C\C/C=C\CC. The number of unbranched alkanes of at least 4 members (excludes halogenated alkanes) is 12. The lowest BCUT2D eigenvalue weighted by Crippen LogP contribution is -2.30. The predicted octanol–water partition coefficient (Wildman–Crippen LogP) is 15.7. The van der Waals surface area contributed by atoms with Gasteiger partial charge >= 0.3 is 11.9 Å². The summed E-state index contributed by atoms with van der Waals surface area (Å²) >= 11 is 0. The number of allylic oxidation sites excluding steroid dienone is 18. The zero-order chi connectivity index (χ0) is 42.1. The van der Waals surface area contributed by atoms with Crippen LogP contribution in [-0.2, 0) is 23.8 Å². The van der Waals surface area contributed by atoms with Crippen LogP contribution in [0.1, 0.15) is 188 Å². The van der Waals surface area contributed by atoms with Crippen LogP contribution in [0.3, 0.4) is 0 Å². The molecule has 0 amide bonds. The van der Waals surface area contributed by atoms with Gasteiger partial charge in [0.15, 0.2) is 6.10 Å². The van der Waals surface area contributed by atoms with Crippen molar-refractivity contribution in [3.63, 3.8) is 0 Å². The zero-order valence-corrected chi connectivity index (χ0v) is 37.5. The van der Waals surface area contributed by atoms with Gasteiger partial charge in [-0.1, -0.05) is 175 Å². The van der Waals surface area contributed by atoms with Gasteiger partial charge in [0.1, 0.15) is 6.61 Å². The summed E-state index contributed by atoms with van der Waals surface area (Å²) in [4.78, 5) is 25.2. The Morgan fingerprint density at radius 3 is 1.33 bits per heavy atom. The van der Waals surface area contributed by atoms with Crippen molar-refractivity contribution in [3.05, 3.63) is 109 Å². The van der Waals surface area contributed by atoms with E-state index in [1.54, 1.807) is 0 Å². The second-order valence-corrected chi connectivity index (χ2v) is 14.9. The van der Waals surface area contributed by atoms with Crippen LogP contribution in [0.25, 0.3) is 0 Å². The van der Waals surface area contributed by atoms with Crippen LogP contribution in [0, 0.1) is 0 Å². The maximum Gasteiger partial charge on any atom is 0.306 e. The first-order valence-electron chi connectivity index (χ1n) is 23.4. The first-order valence-corrected chi connectivity index (χ1v) is 23.4. The maximum atomic E-state index is 12.7. The number of ether oxygens (including phenoxy) is 3. The van der Waals surface area contributed by atoms with Gasteiger partial charge in [-0.15, -0.1) is 0 Å². The predicted molar refractivity (Wildman–Crippen MR) is 251 cm³/mol. The molecule has 0 aliphatic carbocycles. The topological polar surface area (TPSA) is 61.8 Å². The van der Waals surface area contributed by atoms with E-state index in [-0.39, 0.29) is 31.6 Å². The third-order valence-electron chi connectivity index (χ3n) is 9.29. The smallest absolute Gasteiger partial charge is 0.306 e. The molecule has 0 aliphatic rings. The Morgan fingerprint density at radius 1 is 0.397 bits per heavy atom. The Hall–Kier alpha value is -3.44. The molecule has 0 aromatic heterocycles. The summed E-state index contributed by atoms with van der Waals surface area (Å²) in [5, 5.41) is 0. The average molecular weight is 803 g/mol. The quantitative estimate of drug-likeness (QED) is 0.0350. The number of carbonyl (C=O) groups is 2. The highest BCUT2D eigenvalue weighted by atomic mass is 16.6. The molecule has 1 atom stereocenters. The van der Waals surface area contributed by atoms with Crippen LogP contribution in [0.5, 0.6) is 0 Å². The van der Waals surface area contributed by atoms with Crippen molar-refractivity contribution in [2.24, 2.45) is 0 Å². The average Bonchev–Trinajstić information content (AvgIpc) is 3.22. The van der Waals surface area contributed by atoms with Crippen molar-refractivity contribution < 1.29 is 23.8 Å². The Morgan fingerprint density at radius 2 is 0.810 bits per heavy atom. The van der Waals surface area contributed by atoms with Crippen LogP contribution in [0.15, 0.2) is 109 Å². The first kappa shape index (κ1) is 54.6. The van der Waals surface area contributed by atoms with Gasteiger partial charge in [-0.05, 0) is 109 Å². The van der Waals surface area contributed by atoms with Crippen LogP contribution < -0.4 is 0 Å². The molecule has 0 saturated heterocycles. The minimum absolute atomic E-state index is 0.0264. The summed E-state index contributed by atoms with van der Waals surface area (Å²) in [7, 11) is 0. The van der Waals surface area contributed by atoms with E-state index in [9.17, 15) is 9.59 Å². The van der Waals surface area contributed by atoms with Crippen LogP contribution in [0.2, 0.25) is 0 Å². The molecule has 0 fully saturated rings. The minimum Gasteiger partial charge on any atom is -0.462 e. The molecule has 1 unspecified atom stereocenters. The molecule has 58 heavy (non-hydrogen) atoms. The first-order chi connectivity index (χ1) is 28.6. The van der Waals surface area contributed by atoms with Gasteiger partial charge in [-0.3, -0.25) is 9.59 Å². The molecule has 0 bridgehead atoms. The van der Waals surface area contributed by atoms with E-state index in [4.69, 9.17) is 14.2 Å². The van der Waals surface area contributed by atoms with Crippen molar-refractivity contribution in [1.82, 2.24) is 0 Å². The van der Waals surface area contributed by atoms with Gasteiger partial charge in [0.25, 0.3) is 0 Å². The molecule has 0 heterocycles. The summed E-state index contributed by atoms with van der Waals surface area (Å²) in [6.45, 7) is 7.42. The van der Waals surface area contributed by atoms with E-state index in [0.29, 0.717) is 19.4 Å². The van der Waals surface area contributed by atoms with Gasteiger partial charge in [-0.2, -0.15) is 0 Å². The lowest BCUT2D eigenvalue weighted by Gasteiger charge is -2.18. The number of esters is 2. The van der Waals surface area contributed by atoms with Crippen LogP contribution in [0.4, 0.5) is 0 Å².